The molecule has 5 nitrogen and oxygen atoms in total. The number of aryl methyl sites for hydroxylation is 2. The average molecular weight is 435 g/mol. The van der Waals surface area contributed by atoms with E-state index in [0.29, 0.717) is 16.8 Å². The number of hydrogen-bond acceptors (Lipinski definition) is 3. The molecular formula is C21H14F5N3O2. The van der Waals surface area contributed by atoms with Crippen molar-refractivity contribution in [2.75, 3.05) is 0 Å². The third kappa shape index (κ3) is 4.57. The molecule has 0 aliphatic carbocycles. The molecule has 0 amide bonds. The van der Waals surface area contributed by atoms with Gasteiger partial charge in [0.1, 0.15) is 17.4 Å². The van der Waals surface area contributed by atoms with E-state index >= 15 is 0 Å². The molecule has 31 heavy (non-hydrogen) atoms. The topological polar surface area (TPSA) is 48.5 Å². The fourth-order valence-electron chi connectivity index (χ4n) is 3.13. The van der Waals surface area contributed by atoms with Crippen molar-refractivity contribution in [2.45, 2.75) is 19.3 Å². The van der Waals surface area contributed by atoms with E-state index in [9.17, 15) is 26.7 Å². The molecule has 0 bridgehead atoms. The van der Waals surface area contributed by atoms with Gasteiger partial charge < -0.3 is 4.74 Å². The molecule has 2 aromatic heterocycles. The molecule has 0 aliphatic heterocycles. The van der Waals surface area contributed by atoms with E-state index in [0.717, 1.165) is 12.1 Å². The van der Waals surface area contributed by atoms with Gasteiger partial charge in [0.15, 0.2) is 5.65 Å². The minimum Gasteiger partial charge on any atom is -0.406 e. The zero-order chi connectivity index (χ0) is 22.2. The van der Waals surface area contributed by atoms with Crippen LogP contribution in [0.2, 0.25) is 0 Å². The normalized spacial score (nSPS) is 11.8. The standard InChI is InChI=1S/C21H14F5N3O2/c22-16-5-1-14(18(23)11-16)9-10-29-20(30)28-12-15(4-8-19(28)27-29)13-2-6-17(7-3-13)31-21(24,25)26/h1-8,11-12H,9-10H2. The predicted octanol–water partition coefficient (Wildman–Crippen LogP) is 4.58. The van der Waals surface area contributed by atoms with Crippen molar-refractivity contribution >= 4 is 5.65 Å². The number of hydrogen-bond donors (Lipinski definition) is 0. The first-order valence-corrected chi connectivity index (χ1v) is 9.09. The molecule has 0 unspecified atom stereocenters. The first-order valence-electron chi connectivity index (χ1n) is 9.09. The molecule has 0 spiro atoms. The number of benzene rings is 2. The third-order valence-electron chi connectivity index (χ3n) is 4.61. The molecule has 0 fully saturated rings. The van der Waals surface area contributed by atoms with Crippen molar-refractivity contribution in [3.05, 3.63) is 88.5 Å². The van der Waals surface area contributed by atoms with E-state index in [1.807, 2.05) is 0 Å². The Morgan fingerprint density at radius 2 is 1.65 bits per heavy atom. The molecule has 4 aromatic rings. The summed E-state index contributed by atoms with van der Waals surface area (Å²) in [5.41, 5.74) is 1.30. The van der Waals surface area contributed by atoms with Crippen LogP contribution in [-0.2, 0) is 13.0 Å². The van der Waals surface area contributed by atoms with Crippen molar-refractivity contribution in [3.8, 4) is 16.9 Å². The molecule has 160 valence electrons. The molecule has 2 aromatic carbocycles. The van der Waals surface area contributed by atoms with E-state index in [2.05, 4.69) is 9.84 Å². The van der Waals surface area contributed by atoms with E-state index < -0.39 is 23.7 Å². The van der Waals surface area contributed by atoms with Crippen molar-refractivity contribution in [3.63, 3.8) is 0 Å². The third-order valence-corrected chi connectivity index (χ3v) is 4.61. The maximum Gasteiger partial charge on any atom is 0.573 e. The largest absolute Gasteiger partial charge is 0.573 e. The Morgan fingerprint density at radius 1 is 0.935 bits per heavy atom. The van der Waals surface area contributed by atoms with Crippen LogP contribution >= 0.6 is 0 Å². The van der Waals surface area contributed by atoms with Crippen LogP contribution in [0.3, 0.4) is 0 Å². The van der Waals surface area contributed by atoms with Crippen LogP contribution in [-0.4, -0.2) is 20.5 Å². The zero-order valence-electron chi connectivity index (χ0n) is 15.7. The van der Waals surface area contributed by atoms with Gasteiger partial charge in [0.2, 0.25) is 0 Å². The number of pyridine rings is 1. The summed E-state index contributed by atoms with van der Waals surface area (Å²) in [7, 11) is 0. The van der Waals surface area contributed by atoms with Crippen molar-refractivity contribution < 1.29 is 26.7 Å². The van der Waals surface area contributed by atoms with Gasteiger partial charge in [-0.1, -0.05) is 18.2 Å². The maximum atomic E-state index is 13.8. The highest BCUT2D eigenvalue weighted by Gasteiger charge is 2.30. The molecule has 10 heteroatoms. The fraction of sp³-hybridized carbons (Fsp3) is 0.143. The number of nitrogens with zero attached hydrogens (tertiary/aromatic N) is 3. The monoisotopic (exact) mass is 435 g/mol. The van der Waals surface area contributed by atoms with Gasteiger partial charge in [-0.25, -0.2) is 22.7 Å². The Hall–Kier alpha value is -3.69. The average Bonchev–Trinajstić information content (AvgIpc) is 3.02. The number of rotatable bonds is 5. The van der Waals surface area contributed by atoms with E-state index in [-0.39, 0.29) is 24.3 Å². The fourth-order valence-corrected chi connectivity index (χ4v) is 3.13. The summed E-state index contributed by atoms with van der Waals surface area (Å²) in [5.74, 6) is -1.73. The second kappa shape index (κ2) is 7.86. The maximum absolute atomic E-state index is 13.8. The SMILES string of the molecule is O=c1n(CCc2ccc(F)cc2F)nc2ccc(-c3ccc(OC(F)(F)F)cc3)cn12. The zero-order valence-corrected chi connectivity index (χ0v) is 15.7. The second-order valence-corrected chi connectivity index (χ2v) is 6.71. The first-order chi connectivity index (χ1) is 14.7. The highest BCUT2D eigenvalue weighted by Crippen LogP contribution is 2.26. The number of ether oxygens (including phenoxy) is 1. The van der Waals surface area contributed by atoms with Crippen LogP contribution in [0.1, 0.15) is 5.56 Å². The molecule has 4 rings (SSSR count). The van der Waals surface area contributed by atoms with Crippen LogP contribution in [0.15, 0.2) is 65.6 Å². The predicted molar refractivity (Wildman–Crippen MR) is 102 cm³/mol. The minimum atomic E-state index is -4.78. The van der Waals surface area contributed by atoms with E-state index in [1.165, 1.54) is 45.6 Å². The molecule has 0 saturated heterocycles. The van der Waals surface area contributed by atoms with Gasteiger partial charge in [-0.2, -0.15) is 0 Å². The Balaban J connectivity index is 1.57. The van der Waals surface area contributed by atoms with Gasteiger partial charge in [-0.05, 0) is 53.4 Å². The molecule has 0 saturated carbocycles. The Bertz CT molecular complexity index is 1290. The molecular weight excluding hydrogens is 421 g/mol. The lowest BCUT2D eigenvalue weighted by Crippen LogP contribution is -2.22. The van der Waals surface area contributed by atoms with Gasteiger partial charge in [0.25, 0.3) is 0 Å². The summed E-state index contributed by atoms with van der Waals surface area (Å²) in [6.45, 7) is 0.0852. The lowest BCUT2D eigenvalue weighted by atomic mass is 10.1. The quantitative estimate of drug-likeness (QED) is 0.431. The van der Waals surface area contributed by atoms with Crippen LogP contribution in [0.4, 0.5) is 22.0 Å². The molecule has 0 N–H and O–H groups in total. The number of halogens is 5. The Kier molecular flexibility index (Phi) is 5.22. The number of aromatic nitrogens is 3. The lowest BCUT2D eigenvalue weighted by molar-refractivity contribution is -0.274. The van der Waals surface area contributed by atoms with Gasteiger partial charge in [-0.3, -0.25) is 0 Å². The molecule has 0 atom stereocenters. The summed E-state index contributed by atoms with van der Waals surface area (Å²) in [6, 6.07) is 11.7. The van der Waals surface area contributed by atoms with Crippen LogP contribution in [0.25, 0.3) is 16.8 Å². The second-order valence-electron chi connectivity index (χ2n) is 6.71. The van der Waals surface area contributed by atoms with Gasteiger partial charge >= 0.3 is 12.1 Å². The highest BCUT2D eigenvalue weighted by molar-refractivity contribution is 5.65. The van der Waals surface area contributed by atoms with E-state index in [4.69, 9.17) is 0 Å². The minimum absolute atomic E-state index is 0.0852. The summed E-state index contributed by atoms with van der Waals surface area (Å²) in [5, 5.41) is 4.19. The van der Waals surface area contributed by atoms with Crippen molar-refractivity contribution in [1.82, 2.24) is 14.2 Å². The summed E-state index contributed by atoms with van der Waals surface area (Å²) in [4.78, 5) is 12.6. The van der Waals surface area contributed by atoms with Crippen molar-refractivity contribution in [2.24, 2.45) is 0 Å². The van der Waals surface area contributed by atoms with Crippen molar-refractivity contribution in [1.29, 1.82) is 0 Å². The van der Waals surface area contributed by atoms with E-state index in [1.54, 1.807) is 12.1 Å². The highest BCUT2D eigenvalue weighted by atomic mass is 19.4. The van der Waals surface area contributed by atoms with Gasteiger partial charge in [0.05, 0.1) is 6.54 Å². The summed E-state index contributed by atoms with van der Waals surface area (Å²) < 4.78 is 70.0. The number of fused-ring (bicyclic) bond motifs is 1. The first kappa shape index (κ1) is 20.6. The molecule has 2 heterocycles. The summed E-state index contributed by atoms with van der Waals surface area (Å²) >= 11 is 0. The summed E-state index contributed by atoms with van der Waals surface area (Å²) in [6.07, 6.45) is -3.12. The molecule has 0 aliphatic rings. The Labute approximate surface area is 171 Å². The number of alkyl halides is 3. The Morgan fingerprint density at radius 3 is 2.32 bits per heavy atom. The van der Waals surface area contributed by atoms with Gasteiger partial charge in [0, 0.05) is 12.3 Å². The van der Waals surface area contributed by atoms with Crippen LogP contribution in [0, 0.1) is 11.6 Å². The smallest absolute Gasteiger partial charge is 0.406 e. The molecule has 0 radical (unpaired) electrons. The lowest BCUT2D eigenvalue weighted by Gasteiger charge is -2.09. The van der Waals surface area contributed by atoms with Gasteiger partial charge in [-0.15, -0.1) is 18.3 Å². The van der Waals surface area contributed by atoms with Crippen LogP contribution in [0.5, 0.6) is 5.75 Å². The van der Waals surface area contributed by atoms with Crippen LogP contribution < -0.4 is 10.4 Å².